The summed E-state index contributed by atoms with van der Waals surface area (Å²) in [5.74, 6) is 0.543. The van der Waals surface area contributed by atoms with Gasteiger partial charge >= 0.3 is 0 Å². The number of thioether (sulfide) groups is 1. The first kappa shape index (κ1) is 15.2. The van der Waals surface area contributed by atoms with Crippen molar-refractivity contribution in [1.29, 1.82) is 0 Å². The van der Waals surface area contributed by atoms with E-state index in [0.29, 0.717) is 5.75 Å². The van der Waals surface area contributed by atoms with Crippen LogP contribution in [0.4, 0.5) is 0 Å². The van der Waals surface area contributed by atoms with Gasteiger partial charge in [0.15, 0.2) is 0 Å². The normalized spacial score (nSPS) is 14.4. The van der Waals surface area contributed by atoms with Crippen LogP contribution >= 0.6 is 11.8 Å². The van der Waals surface area contributed by atoms with Gasteiger partial charge in [0.25, 0.3) is 0 Å². The van der Waals surface area contributed by atoms with E-state index in [0.717, 1.165) is 4.90 Å². The molecule has 0 heterocycles. The summed E-state index contributed by atoms with van der Waals surface area (Å²) < 4.78 is 0. The first-order valence-corrected chi connectivity index (χ1v) is 8.80. The average molecular weight is 311 g/mol. The highest BCUT2D eigenvalue weighted by Crippen LogP contribution is 2.25. The van der Waals surface area contributed by atoms with Crippen molar-refractivity contribution in [3.63, 3.8) is 0 Å². The second kappa shape index (κ2) is 7.01. The lowest BCUT2D eigenvalue weighted by atomic mass is 10.0. The fraction of sp³-hybridized carbons (Fsp3) is 0.316. The molecule has 3 rings (SSSR count). The zero-order chi connectivity index (χ0) is 15.4. The van der Waals surface area contributed by atoms with Gasteiger partial charge in [-0.15, -0.1) is 11.8 Å². The van der Waals surface area contributed by atoms with E-state index in [1.807, 2.05) is 30.3 Å². The molecule has 1 aliphatic carbocycles. The molecule has 0 spiro atoms. The zero-order valence-electron chi connectivity index (χ0n) is 12.8. The summed E-state index contributed by atoms with van der Waals surface area (Å²) in [5.41, 5.74) is 4.14. The molecule has 0 saturated carbocycles. The van der Waals surface area contributed by atoms with Crippen LogP contribution in [-0.2, 0) is 17.6 Å². The summed E-state index contributed by atoms with van der Waals surface area (Å²) in [5, 5.41) is 3.10. The SMILES string of the molecule is C[C@@H](NC(=O)CSc1ccccc1)c1ccc2c(c1)CCC2. The number of hydrogen-bond donors (Lipinski definition) is 1. The fourth-order valence-electron chi connectivity index (χ4n) is 2.89. The molecule has 0 unspecified atom stereocenters. The van der Waals surface area contributed by atoms with E-state index in [1.165, 1.54) is 36.0 Å². The maximum atomic E-state index is 12.1. The summed E-state index contributed by atoms with van der Waals surface area (Å²) >= 11 is 1.57. The van der Waals surface area contributed by atoms with Gasteiger partial charge in [0.05, 0.1) is 11.8 Å². The Labute approximate surface area is 136 Å². The minimum Gasteiger partial charge on any atom is -0.349 e. The van der Waals surface area contributed by atoms with Gasteiger partial charge in [-0.1, -0.05) is 36.4 Å². The summed E-state index contributed by atoms with van der Waals surface area (Å²) in [6.45, 7) is 2.06. The molecule has 0 fully saturated rings. The zero-order valence-corrected chi connectivity index (χ0v) is 13.7. The van der Waals surface area contributed by atoms with E-state index in [2.05, 4.69) is 30.4 Å². The monoisotopic (exact) mass is 311 g/mol. The number of aryl methyl sites for hydroxylation is 2. The van der Waals surface area contributed by atoms with Gasteiger partial charge in [0.2, 0.25) is 5.91 Å². The van der Waals surface area contributed by atoms with Crippen LogP contribution in [0, 0.1) is 0 Å². The molecule has 0 aromatic heterocycles. The Morgan fingerprint density at radius 2 is 1.91 bits per heavy atom. The van der Waals surface area contributed by atoms with Gasteiger partial charge in [-0.05, 0) is 55.0 Å². The molecule has 0 bridgehead atoms. The molecule has 2 nitrogen and oxygen atoms in total. The van der Waals surface area contributed by atoms with Crippen LogP contribution in [0.5, 0.6) is 0 Å². The highest BCUT2D eigenvalue weighted by molar-refractivity contribution is 8.00. The predicted molar refractivity (Wildman–Crippen MR) is 92.2 cm³/mol. The molecule has 0 aliphatic heterocycles. The Morgan fingerprint density at radius 3 is 2.73 bits per heavy atom. The second-order valence-corrected chi connectivity index (χ2v) is 6.82. The van der Waals surface area contributed by atoms with Gasteiger partial charge in [0, 0.05) is 4.90 Å². The highest BCUT2D eigenvalue weighted by atomic mass is 32.2. The lowest BCUT2D eigenvalue weighted by molar-refractivity contribution is -0.119. The lowest BCUT2D eigenvalue weighted by Gasteiger charge is -2.15. The molecule has 1 amide bonds. The van der Waals surface area contributed by atoms with Gasteiger partial charge in [-0.25, -0.2) is 0 Å². The van der Waals surface area contributed by atoms with Crippen LogP contribution in [0.15, 0.2) is 53.4 Å². The number of rotatable bonds is 5. The fourth-order valence-corrected chi connectivity index (χ4v) is 3.62. The van der Waals surface area contributed by atoms with Crippen LogP contribution in [0.3, 0.4) is 0 Å². The van der Waals surface area contributed by atoms with Crippen molar-refractivity contribution in [3.05, 3.63) is 65.2 Å². The molecular formula is C19H21NOS. The first-order valence-electron chi connectivity index (χ1n) is 7.81. The number of carbonyl (C=O) groups excluding carboxylic acids is 1. The Kier molecular flexibility index (Phi) is 4.84. The van der Waals surface area contributed by atoms with Gasteiger partial charge in [-0.2, -0.15) is 0 Å². The molecule has 2 aromatic rings. The van der Waals surface area contributed by atoms with Crippen molar-refractivity contribution < 1.29 is 4.79 Å². The highest BCUT2D eigenvalue weighted by Gasteiger charge is 2.14. The van der Waals surface area contributed by atoms with Gasteiger partial charge < -0.3 is 5.32 Å². The second-order valence-electron chi connectivity index (χ2n) is 5.77. The number of benzene rings is 2. The van der Waals surface area contributed by atoms with Gasteiger partial charge in [-0.3, -0.25) is 4.79 Å². The van der Waals surface area contributed by atoms with Crippen molar-refractivity contribution in [3.8, 4) is 0 Å². The van der Waals surface area contributed by atoms with Crippen molar-refractivity contribution in [2.24, 2.45) is 0 Å². The van der Waals surface area contributed by atoms with E-state index in [4.69, 9.17) is 0 Å². The molecule has 0 saturated heterocycles. The van der Waals surface area contributed by atoms with Crippen LogP contribution < -0.4 is 5.32 Å². The first-order chi connectivity index (χ1) is 10.7. The molecule has 3 heteroatoms. The predicted octanol–water partition coefficient (Wildman–Crippen LogP) is 4.14. The third kappa shape index (κ3) is 3.72. The molecule has 1 aliphatic rings. The summed E-state index contributed by atoms with van der Waals surface area (Å²) in [4.78, 5) is 13.2. The minimum atomic E-state index is 0.0646. The van der Waals surface area contributed by atoms with E-state index in [1.54, 1.807) is 11.8 Å². The van der Waals surface area contributed by atoms with Crippen molar-refractivity contribution in [2.45, 2.75) is 37.1 Å². The van der Waals surface area contributed by atoms with Gasteiger partial charge in [0.1, 0.15) is 0 Å². The number of hydrogen-bond acceptors (Lipinski definition) is 2. The lowest BCUT2D eigenvalue weighted by Crippen LogP contribution is -2.28. The smallest absolute Gasteiger partial charge is 0.230 e. The maximum absolute atomic E-state index is 12.1. The third-order valence-electron chi connectivity index (χ3n) is 4.11. The van der Waals surface area contributed by atoms with Crippen molar-refractivity contribution >= 4 is 17.7 Å². The summed E-state index contributed by atoms with van der Waals surface area (Å²) in [6.07, 6.45) is 3.63. The third-order valence-corrected chi connectivity index (χ3v) is 5.13. The van der Waals surface area contributed by atoms with E-state index in [9.17, 15) is 4.79 Å². The van der Waals surface area contributed by atoms with Crippen LogP contribution in [0.2, 0.25) is 0 Å². The standard InChI is InChI=1S/C19H21NOS/c1-14(16-11-10-15-6-5-7-17(15)12-16)20-19(21)13-22-18-8-3-2-4-9-18/h2-4,8-12,14H,5-7,13H2,1H3,(H,20,21)/t14-/m1/s1. The van der Waals surface area contributed by atoms with Crippen molar-refractivity contribution in [2.75, 3.05) is 5.75 Å². The minimum absolute atomic E-state index is 0.0646. The molecule has 22 heavy (non-hydrogen) atoms. The topological polar surface area (TPSA) is 29.1 Å². The summed E-state index contributed by atoms with van der Waals surface area (Å²) in [6, 6.07) is 16.7. The van der Waals surface area contributed by atoms with Crippen molar-refractivity contribution in [1.82, 2.24) is 5.32 Å². The summed E-state index contributed by atoms with van der Waals surface area (Å²) in [7, 11) is 0. The Morgan fingerprint density at radius 1 is 1.14 bits per heavy atom. The van der Waals surface area contributed by atoms with Crippen LogP contribution in [0.25, 0.3) is 0 Å². The number of nitrogens with one attached hydrogen (secondary N) is 1. The molecular weight excluding hydrogens is 290 g/mol. The Hall–Kier alpha value is -1.74. The van der Waals surface area contributed by atoms with Crippen LogP contribution in [-0.4, -0.2) is 11.7 Å². The largest absolute Gasteiger partial charge is 0.349 e. The quantitative estimate of drug-likeness (QED) is 0.841. The Balaban J connectivity index is 1.55. The van der Waals surface area contributed by atoms with Crippen LogP contribution in [0.1, 0.15) is 36.1 Å². The number of amides is 1. The number of carbonyl (C=O) groups is 1. The molecule has 1 N–H and O–H groups in total. The number of fused-ring (bicyclic) bond motifs is 1. The average Bonchev–Trinajstić information content (AvgIpc) is 3.01. The molecule has 1 atom stereocenters. The maximum Gasteiger partial charge on any atom is 0.230 e. The van der Waals surface area contributed by atoms with E-state index in [-0.39, 0.29) is 11.9 Å². The Bertz CT molecular complexity index is 654. The molecule has 0 radical (unpaired) electrons. The molecule has 2 aromatic carbocycles. The van der Waals surface area contributed by atoms with E-state index < -0.39 is 0 Å². The molecule has 114 valence electrons. The van der Waals surface area contributed by atoms with E-state index >= 15 is 0 Å².